The molecule has 0 amide bonds. The Bertz CT molecular complexity index is 629. The molecular formula is C19H22N2. The van der Waals surface area contributed by atoms with E-state index in [9.17, 15) is 0 Å². The van der Waals surface area contributed by atoms with E-state index in [0.717, 1.165) is 39.0 Å². The Morgan fingerprint density at radius 3 is 2.29 bits per heavy atom. The van der Waals surface area contributed by atoms with E-state index < -0.39 is 0 Å². The maximum Gasteiger partial charge on any atom is 0.0392 e. The Kier molecular flexibility index (Phi) is 3.50. The van der Waals surface area contributed by atoms with Gasteiger partial charge in [-0.05, 0) is 35.1 Å². The molecular weight excluding hydrogens is 256 g/mol. The number of hydrogen-bond acceptors (Lipinski definition) is 2. The van der Waals surface area contributed by atoms with Gasteiger partial charge < -0.3 is 5.32 Å². The number of hydrogen-bond donors (Lipinski definition) is 1. The minimum atomic E-state index is 0.534. The summed E-state index contributed by atoms with van der Waals surface area (Å²) < 4.78 is 0. The normalized spacial score (nSPS) is 22.2. The van der Waals surface area contributed by atoms with Crippen LogP contribution in [0.15, 0.2) is 48.5 Å². The molecule has 0 aromatic heterocycles. The van der Waals surface area contributed by atoms with Crippen molar-refractivity contribution in [3.8, 4) is 0 Å². The molecule has 1 heterocycles. The van der Waals surface area contributed by atoms with Crippen LogP contribution in [0.5, 0.6) is 0 Å². The van der Waals surface area contributed by atoms with Crippen LogP contribution in [0.1, 0.15) is 28.3 Å². The largest absolute Gasteiger partial charge is 0.314 e. The molecule has 2 aliphatic rings. The van der Waals surface area contributed by atoms with Crippen LogP contribution in [-0.2, 0) is 12.8 Å². The third kappa shape index (κ3) is 2.50. The highest BCUT2D eigenvalue weighted by Gasteiger charge is 2.27. The van der Waals surface area contributed by atoms with Gasteiger partial charge in [0.2, 0.25) is 0 Å². The molecule has 1 fully saturated rings. The molecule has 1 unspecified atom stereocenters. The Morgan fingerprint density at radius 2 is 1.48 bits per heavy atom. The third-order valence-electron chi connectivity index (χ3n) is 4.92. The van der Waals surface area contributed by atoms with Crippen LogP contribution in [0, 0.1) is 0 Å². The summed E-state index contributed by atoms with van der Waals surface area (Å²) in [6.07, 6.45) is 2.22. The van der Waals surface area contributed by atoms with Crippen molar-refractivity contribution >= 4 is 0 Å². The van der Waals surface area contributed by atoms with Gasteiger partial charge >= 0.3 is 0 Å². The Balaban J connectivity index is 1.78. The minimum absolute atomic E-state index is 0.534. The zero-order valence-corrected chi connectivity index (χ0v) is 12.4. The number of fused-ring (bicyclic) bond motifs is 2. The Hall–Kier alpha value is -1.64. The zero-order valence-electron chi connectivity index (χ0n) is 12.4. The van der Waals surface area contributed by atoms with E-state index in [4.69, 9.17) is 0 Å². The van der Waals surface area contributed by atoms with E-state index in [1.807, 2.05) is 0 Å². The SMILES string of the molecule is c1ccc2c(c1)Cc1ccccc1C(N1CCNCC1)C2. The molecule has 2 heteroatoms. The lowest BCUT2D eigenvalue weighted by molar-refractivity contribution is 0.172. The lowest BCUT2D eigenvalue weighted by atomic mass is 9.96. The fourth-order valence-electron chi connectivity index (χ4n) is 3.79. The second-order valence-corrected chi connectivity index (χ2v) is 6.15. The predicted molar refractivity (Wildman–Crippen MR) is 86.6 cm³/mol. The maximum absolute atomic E-state index is 3.47. The minimum Gasteiger partial charge on any atom is -0.314 e. The summed E-state index contributed by atoms with van der Waals surface area (Å²) in [6.45, 7) is 4.53. The van der Waals surface area contributed by atoms with Crippen LogP contribution in [0.25, 0.3) is 0 Å². The van der Waals surface area contributed by atoms with E-state index >= 15 is 0 Å². The van der Waals surface area contributed by atoms with Crippen molar-refractivity contribution in [1.29, 1.82) is 0 Å². The number of nitrogens with zero attached hydrogens (tertiary/aromatic N) is 1. The predicted octanol–water partition coefficient (Wildman–Crippen LogP) is 2.78. The highest BCUT2D eigenvalue weighted by molar-refractivity contribution is 5.42. The van der Waals surface area contributed by atoms with E-state index in [2.05, 4.69) is 58.7 Å². The number of nitrogens with one attached hydrogen (secondary N) is 1. The molecule has 4 rings (SSSR count). The summed E-state index contributed by atoms with van der Waals surface area (Å²) in [6, 6.07) is 18.5. The molecule has 1 aliphatic carbocycles. The van der Waals surface area contributed by atoms with Crippen LogP contribution in [0.4, 0.5) is 0 Å². The van der Waals surface area contributed by atoms with Crippen molar-refractivity contribution in [2.24, 2.45) is 0 Å². The fourth-order valence-corrected chi connectivity index (χ4v) is 3.79. The van der Waals surface area contributed by atoms with Crippen LogP contribution >= 0.6 is 0 Å². The molecule has 1 atom stereocenters. The zero-order chi connectivity index (χ0) is 14.1. The van der Waals surface area contributed by atoms with Crippen LogP contribution < -0.4 is 5.32 Å². The van der Waals surface area contributed by atoms with Crippen molar-refractivity contribution in [2.75, 3.05) is 26.2 Å². The van der Waals surface area contributed by atoms with Crippen molar-refractivity contribution in [2.45, 2.75) is 18.9 Å². The van der Waals surface area contributed by atoms with E-state index in [1.165, 1.54) is 22.3 Å². The van der Waals surface area contributed by atoms with Gasteiger partial charge in [-0.1, -0.05) is 48.5 Å². The van der Waals surface area contributed by atoms with Crippen molar-refractivity contribution in [1.82, 2.24) is 10.2 Å². The Morgan fingerprint density at radius 1 is 0.810 bits per heavy atom. The van der Waals surface area contributed by atoms with Gasteiger partial charge in [0.1, 0.15) is 0 Å². The summed E-state index contributed by atoms with van der Waals surface area (Å²) in [4.78, 5) is 2.66. The summed E-state index contributed by atoms with van der Waals surface area (Å²) >= 11 is 0. The van der Waals surface area contributed by atoms with E-state index in [-0.39, 0.29) is 0 Å². The van der Waals surface area contributed by atoms with Gasteiger partial charge in [-0.2, -0.15) is 0 Å². The molecule has 1 N–H and O–H groups in total. The third-order valence-corrected chi connectivity index (χ3v) is 4.92. The topological polar surface area (TPSA) is 15.3 Å². The molecule has 1 saturated heterocycles. The summed E-state index contributed by atoms with van der Waals surface area (Å²) in [5.74, 6) is 0. The van der Waals surface area contributed by atoms with Gasteiger partial charge in [0.15, 0.2) is 0 Å². The molecule has 0 bridgehead atoms. The van der Waals surface area contributed by atoms with Crippen LogP contribution in [0.3, 0.4) is 0 Å². The molecule has 21 heavy (non-hydrogen) atoms. The smallest absolute Gasteiger partial charge is 0.0392 e. The van der Waals surface area contributed by atoms with Crippen molar-refractivity contribution < 1.29 is 0 Å². The molecule has 0 radical (unpaired) electrons. The standard InChI is InChI=1S/C19H22N2/c1-2-6-16-14-19(21-11-9-20-10-12-21)18-8-4-3-7-17(18)13-15(16)5-1/h1-8,19-20H,9-14H2. The van der Waals surface area contributed by atoms with Crippen molar-refractivity contribution in [3.63, 3.8) is 0 Å². The summed E-state index contributed by atoms with van der Waals surface area (Å²) in [5, 5.41) is 3.47. The van der Waals surface area contributed by atoms with Gasteiger partial charge in [0.05, 0.1) is 0 Å². The lowest BCUT2D eigenvalue weighted by Crippen LogP contribution is -2.45. The van der Waals surface area contributed by atoms with Crippen LogP contribution in [0.2, 0.25) is 0 Å². The van der Waals surface area contributed by atoms with Gasteiger partial charge in [-0.15, -0.1) is 0 Å². The fraction of sp³-hybridized carbons (Fsp3) is 0.368. The molecule has 2 aromatic rings. The maximum atomic E-state index is 3.47. The average Bonchev–Trinajstić information content (AvgIpc) is 2.72. The summed E-state index contributed by atoms with van der Waals surface area (Å²) in [5.41, 5.74) is 6.07. The van der Waals surface area contributed by atoms with Gasteiger partial charge in [-0.3, -0.25) is 4.90 Å². The second kappa shape index (κ2) is 5.63. The second-order valence-electron chi connectivity index (χ2n) is 6.15. The first kappa shape index (κ1) is 13.1. The number of benzene rings is 2. The molecule has 2 nitrogen and oxygen atoms in total. The highest BCUT2D eigenvalue weighted by atomic mass is 15.2. The van der Waals surface area contributed by atoms with Gasteiger partial charge in [0, 0.05) is 32.2 Å². The van der Waals surface area contributed by atoms with Crippen LogP contribution in [-0.4, -0.2) is 31.1 Å². The first-order valence-corrected chi connectivity index (χ1v) is 8.01. The van der Waals surface area contributed by atoms with Crippen molar-refractivity contribution in [3.05, 3.63) is 70.8 Å². The average molecular weight is 278 g/mol. The van der Waals surface area contributed by atoms with Gasteiger partial charge in [-0.25, -0.2) is 0 Å². The molecule has 108 valence electrons. The quantitative estimate of drug-likeness (QED) is 0.863. The molecule has 1 aliphatic heterocycles. The number of rotatable bonds is 1. The monoisotopic (exact) mass is 278 g/mol. The van der Waals surface area contributed by atoms with E-state index in [1.54, 1.807) is 0 Å². The highest BCUT2D eigenvalue weighted by Crippen LogP contribution is 2.34. The number of piperazine rings is 1. The Labute approximate surface area is 126 Å². The summed E-state index contributed by atoms with van der Waals surface area (Å²) in [7, 11) is 0. The lowest BCUT2D eigenvalue weighted by Gasteiger charge is -2.35. The first-order valence-electron chi connectivity index (χ1n) is 8.01. The molecule has 2 aromatic carbocycles. The first-order chi connectivity index (χ1) is 10.4. The van der Waals surface area contributed by atoms with E-state index in [0.29, 0.717) is 6.04 Å². The molecule has 0 spiro atoms. The molecule has 0 saturated carbocycles. The van der Waals surface area contributed by atoms with Gasteiger partial charge in [0.25, 0.3) is 0 Å².